The standard InChI is InChI=1S/C22H25N3O3.C21H24N4O3.C12H15NO2/c1-22(2)18-10-6-9-16(20(26)28-3)17(18)13-25(22)21(27)24-19-11-14-7-4-5-8-15(14)12-23-19;1-21(2)17-9-5-8-15(19(26)24-28)16(17)12-25(21)20(27)23-18-10-13-6-3-4-7-14(13)11-22-18;1-12(2)10-6-4-5-8(11(14)15-3)9(10)7-13-12/h6,9-12H,4-5,7-8,13H2,1-3H3,(H,23,24,27);5,8-11,28H,3-4,6-7,12H2,1-2H3,(H,24,26)(H,22,23,27);4-6,13H,7H2,1-3H3. The van der Waals surface area contributed by atoms with Gasteiger partial charge in [-0.2, -0.15) is 0 Å². The van der Waals surface area contributed by atoms with Gasteiger partial charge in [0.25, 0.3) is 5.91 Å². The van der Waals surface area contributed by atoms with Crippen molar-refractivity contribution in [1.29, 1.82) is 0 Å². The van der Waals surface area contributed by atoms with Crippen molar-refractivity contribution in [1.82, 2.24) is 30.6 Å². The zero-order valence-electron chi connectivity index (χ0n) is 41.9. The summed E-state index contributed by atoms with van der Waals surface area (Å²) in [6.45, 7) is 13.4. The third-order valence-corrected chi connectivity index (χ3v) is 14.8. The third kappa shape index (κ3) is 9.95. The number of ether oxygens (including phenoxy) is 2. The number of methoxy groups -OCH3 is 2. The molecule has 16 heteroatoms. The highest BCUT2D eigenvalue weighted by atomic mass is 16.5. The van der Waals surface area contributed by atoms with Crippen molar-refractivity contribution in [2.75, 3.05) is 24.9 Å². The summed E-state index contributed by atoms with van der Waals surface area (Å²) in [6.07, 6.45) is 12.6. The summed E-state index contributed by atoms with van der Waals surface area (Å²) in [4.78, 5) is 74.0. The van der Waals surface area contributed by atoms with Crippen LogP contribution in [0.2, 0.25) is 0 Å². The first kappa shape index (κ1) is 50.2. The number of hydrogen-bond donors (Lipinski definition) is 5. The smallest absolute Gasteiger partial charge is 0.338 e. The van der Waals surface area contributed by atoms with Gasteiger partial charge in [0, 0.05) is 43.1 Å². The molecule has 0 atom stereocenters. The summed E-state index contributed by atoms with van der Waals surface area (Å²) in [5.74, 6) is -0.0970. The minimum Gasteiger partial charge on any atom is -0.465 e. The number of anilines is 2. The van der Waals surface area contributed by atoms with Crippen LogP contribution in [0.25, 0.3) is 0 Å². The van der Waals surface area contributed by atoms with Gasteiger partial charge in [0.1, 0.15) is 11.6 Å². The van der Waals surface area contributed by atoms with Crippen LogP contribution in [0.5, 0.6) is 0 Å². The van der Waals surface area contributed by atoms with Gasteiger partial charge >= 0.3 is 24.0 Å². The van der Waals surface area contributed by atoms with Crippen molar-refractivity contribution >= 4 is 41.5 Å². The summed E-state index contributed by atoms with van der Waals surface area (Å²) >= 11 is 0. The summed E-state index contributed by atoms with van der Waals surface area (Å²) in [5, 5.41) is 18.2. The molecule has 0 saturated heterocycles. The molecular weight excluding hydrogens is 901 g/mol. The largest absolute Gasteiger partial charge is 0.465 e. The Hall–Kier alpha value is -7.17. The Kier molecular flexibility index (Phi) is 14.3. The maximum atomic E-state index is 13.1. The number of carbonyl (C=O) groups is 5. The highest BCUT2D eigenvalue weighted by molar-refractivity contribution is 5.97. The maximum absolute atomic E-state index is 13.1. The van der Waals surface area contributed by atoms with Gasteiger partial charge in [-0.1, -0.05) is 36.4 Å². The van der Waals surface area contributed by atoms with Gasteiger partial charge in [-0.3, -0.25) is 20.6 Å². The number of pyridine rings is 2. The number of nitrogens with zero attached hydrogens (tertiary/aromatic N) is 4. The molecule has 16 nitrogen and oxygen atoms in total. The lowest BCUT2D eigenvalue weighted by Gasteiger charge is -2.32. The van der Waals surface area contributed by atoms with E-state index in [1.165, 1.54) is 61.3 Å². The average molecular weight is 965 g/mol. The molecule has 3 aromatic carbocycles. The first-order valence-electron chi connectivity index (χ1n) is 24.3. The SMILES string of the molecule is CC1(C)c2cccc(C(=O)NO)c2CN1C(=O)Nc1cc2c(cn1)CCCC2.COC(=O)c1cccc2c1CN(C(=O)Nc1cc3c(cn1)CCCC3)C2(C)C.COC(=O)c1cccc2c1CNC2(C)C. The second-order valence-electron chi connectivity index (χ2n) is 20.1. The molecule has 0 bridgehead atoms. The molecule has 0 spiro atoms. The number of amides is 5. The van der Waals surface area contributed by atoms with Crippen molar-refractivity contribution < 1.29 is 38.7 Å². The maximum Gasteiger partial charge on any atom is 0.338 e. The van der Waals surface area contributed by atoms with Gasteiger partial charge in [0.2, 0.25) is 0 Å². The van der Waals surface area contributed by atoms with E-state index in [9.17, 15) is 24.0 Å². The van der Waals surface area contributed by atoms with Gasteiger partial charge in [-0.25, -0.2) is 34.6 Å². The number of esters is 2. The minimum absolute atomic E-state index is 0.0562. The molecule has 5 amide bonds. The Bertz CT molecular complexity index is 2760. The van der Waals surface area contributed by atoms with E-state index in [0.29, 0.717) is 34.9 Å². The van der Waals surface area contributed by atoms with Crippen LogP contribution in [-0.2, 0) is 71.4 Å². The fourth-order valence-corrected chi connectivity index (χ4v) is 10.7. The molecule has 71 heavy (non-hydrogen) atoms. The quantitative estimate of drug-likeness (QED) is 0.0638. The Morgan fingerprint density at radius 3 is 1.44 bits per heavy atom. The Morgan fingerprint density at radius 1 is 0.577 bits per heavy atom. The second kappa shape index (κ2) is 20.3. The van der Waals surface area contributed by atoms with Crippen LogP contribution in [-0.4, -0.2) is 69.1 Å². The van der Waals surface area contributed by atoms with Crippen molar-refractivity contribution in [2.24, 2.45) is 0 Å². The van der Waals surface area contributed by atoms with Crippen molar-refractivity contribution in [2.45, 2.75) is 129 Å². The molecule has 0 saturated carbocycles. The zero-order chi connectivity index (χ0) is 50.8. The number of hydroxylamine groups is 1. The van der Waals surface area contributed by atoms with Gasteiger partial charge in [0.05, 0.1) is 36.4 Å². The fourth-order valence-electron chi connectivity index (χ4n) is 10.7. The van der Waals surface area contributed by atoms with Gasteiger partial charge in [0.15, 0.2) is 0 Å². The summed E-state index contributed by atoms with van der Waals surface area (Å²) in [7, 11) is 2.78. The van der Waals surface area contributed by atoms with E-state index in [1.807, 2.05) is 82.6 Å². The summed E-state index contributed by atoms with van der Waals surface area (Å²) in [5.41, 5.74) is 12.8. The third-order valence-electron chi connectivity index (χ3n) is 14.8. The van der Waals surface area contributed by atoms with Crippen LogP contribution < -0.4 is 21.4 Å². The molecule has 3 aliphatic heterocycles. The minimum atomic E-state index is -0.598. The molecule has 2 aliphatic carbocycles. The molecule has 372 valence electrons. The number of carbonyl (C=O) groups excluding carboxylic acids is 5. The van der Waals surface area contributed by atoms with Crippen LogP contribution in [0.15, 0.2) is 79.1 Å². The van der Waals surface area contributed by atoms with Crippen molar-refractivity contribution in [3.63, 3.8) is 0 Å². The number of nitrogens with one attached hydrogen (secondary N) is 4. The van der Waals surface area contributed by atoms with E-state index >= 15 is 0 Å². The molecular formula is C55H64N8O8. The van der Waals surface area contributed by atoms with E-state index in [-0.39, 0.29) is 36.1 Å². The normalized spacial score (nSPS) is 17.0. The van der Waals surface area contributed by atoms with E-state index in [0.717, 1.165) is 66.5 Å². The molecule has 0 radical (unpaired) electrons. The number of fused-ring (bicyclic) bond motifs is 5. The van der Waals surface area contributed by atoms with E-state index < -0.39 is 17.0 Å². The van der Waals surface area contributed by atoms with Crippen LogP contribution in [0, 0.1) is 0 Å². The van der Waals surface area contributed by atoms with E-state index in [4.69, 9.17) is 14.7 Å². The van der Waals surface area contributed by atoms with Gasteiger partial charge in [-0.05, 0) is 179 Å². The lowest BCUT2D eigenvalue weighted by Crippen LogP contribution is -2.42. The molecule has 0 fully saturated rings. The van der Waals surface area contributed by atoms with Crippen LogP contribution in [0.3, 0.4) is 0 Å². The monoisotopic (exact) mass is 964 g/mol. The Labute approximate surface area is 414 Å². The van der Waals surface area contributed by atoms with Gasteiger partial charge in [-0.15, -0.1) is 0 Å². The van der Waals surface area contributed by atoms with E-state index in [1.54, 1.807) is 33.5 Å². The lowest BCUT2D eigenvalue weighted by molar-refractivity contribution is 0.0590. The van der Waals surface area contributed by atoms with Crippen molar-refractivity contribution in [3.05, 3.63) is 151 Å². The predicted molar refractivity (Wildman–Crippen MR) is 268 cm³/mol. The molecule has 5 aromatic rings. The van der Waals surface area contributed by atoms with Crippen LogP contribution in [0.4, 0.5) is 21.2 Å². The Balaban J connectivity index is 0.000000150. The number of aromatic nitrogens is 2. The number of benzene rings is 3. The first-order chi connectivity index (χ1) is 33.9. The number of aryl methyl sites for hydroxylation is 4. The van der Waals surface area contributed by atoms with Crippen molar-refractivity contribution in [3.8, 4) is 0 Å². The molecule has 10 rings (SSSR count). The topological polar surface area (TPSA) is 204 Å². The molecule has 5 aliphatic rings. The fraction of sp³-hybridized carbons (Fsp3) is 0.400. The Morgan fingerprint density at radius 2 is 0.986 bits per heavy atom. The molecule has 5 heterocycles. The van der Waals surface area contributed by atoms with Gasteiger partial charge < -0.3 is 24.6 Å². The second-order valence-corrected chi connectivity index (χ2v) is 20.1. The zero-order valence-corrected chi connectivity index (χ0v) is 41.9. The molecule has 0 unspecified atom stereocenters. The lowest BCUT2D eigenvalue weighted by atomic mass is 9.91. The number of rotatable bonds is 5. The molecule has 2 aromatic heterocycles. The number of urea groups is 2. The number of hydrogen-bond acceptors (Lipinski definition) is 11. The summed E-state index contributed by atoms with van der Waals surface area (Å²) < 4.78 is 9.67. The van der Waals surface area contributed by atoms with Crippen LogP contribution in [0.1, 0.15) is 154 Å². The first-order valence-corrected chi connectivity index (χ1v) is 24.3. The summed E-state index contributed by atoms with van der Waals surface area (Å²) in [6, 6.07) is 20.1. The highest BCUT2D eigenvalue weighted by Gasteiger charge is 2.44. The average Bonchev–Trinajstić information content (AvgIpc) is 3.96. The van der Waals surface area contributed by atoms with E-state index in [2.05, 4.69) is 45.8 Å². The molecule has 5 N–H and O–H groups in total. The predicted octanol–water partition coefficient (Wildman–Crippen LogP) is 9.20. The van der Waals surface area contributed by atoms with Crippen LogP contribution >= 0.6 is 0 Å². The highest BCUT2D eigenvalue weighted by Crippen LogP contribution is 2.42.